The highest BCUT2D eigenvalue weighted by Crippen LogP contribution is 2.33. The number of amides is 1. The largest absolute Gasteiger partial charge is 0.331 e. The first kappa shape index (κ1) is 13.8. The number of carbonyl (C=O) groups is 1. The molecule has 0 radical (unpaired) electrons. The van der Waals surface area contributed by atoms with Crippen LogP contribution in [-0.4, -0.2) is 32.1 Å². The summed E-state index contributed by atoms with van der Waals surface area (Å²) in [4.78, 5) is 19.0. The Morgan fingerprint density at radius 3 is 3.05 bits per heavy atom. The number of nitrogens with zero attached hydrogens (tertiary/aromatic N) is 4. The van der Waals surface area contributed by atoms with Crippen LogP contribution in [0.2, 0.25) is 0 Å². The first-order valence-corrected chi connectivity index (χ1v) is 7.44. The minimum absolute atomic E-state index is 0.0892. The number of rotatable bonds is 3. The van der Waals surface area contributed by atoms with Crippen LogP contribution in [0.3, 0.4) is 0 Å². The summed E-state index contributed by atoms with van der Waals surface area (Å²) < 4.78 is 1.72. The van der Waals surface area contributed by atoms with Gasteiger partial charge in [0.15, 0.2) is 0 Å². The Morgan fingerprint density at radius 1 is 1.48 bits per heavy atom. The second-order valence-corrected chi connectivity index (χ2v) is 5.46. The van der Waals surface area contributed by atoms with E-state index in [1.54, 1.807) is 10.9 Å². The van der Waals surface area contributed by atoms with Gasteiger partial charge in [-0.05, 0) is 30.9 Å². The summed E-state index contributed by atoms with van der Waals surface area (Å²) in [6.07, 6.45) is 8.26. The van der Waals surface area contributed by atoms with Gasteiger partial charge in [-0.2, -0.15) is 5.10 Å². The van der Waals surface area contributed by atoms with Gasteiger partial charge in [0.05, 0.1) is 17.3 Å². The van der Waals surface area contributed by atoms with Gasteiger partial charge >= 0.3 is 0 Å². The molecule has 0 spiro atoms. The fraction of sp³-hybridized carbons (Fsp3) is 0.438. The molecule has 1 atom stereocenters. The summed E-state index contributed by atoms with van der Waals surface area (Å²) in [5.74, 6) is 0.0892. The van der Waals surface area contributed by atoms with E-state index >= 15 is 0 Å². The molecule has 3 heterocycles. The average molecular weight is 284 g/mol. The fourth-order valence-electron chi connectivity index (χ4n) is 3.06. The third kappa shape index (κ3) is 2.55. The van der Waals surface area contributed by atoms with E-state index < -0.39 is 0 Å². The number of aryl methyl sites for hydroxylation is 2. The molecule has 0 N–H and O–H groups in total. The van der Waals surface area contributed by atoms with Crippen LogP contribution in [0.15, 0.2) is 30.7 Å². The highest BCUT2D eigenvalue weighted by molar-refractivity contribution is 5.95. The van der Waals surface area contributed by atoms with Gasteiger partial charge < -0.3 is 4.90 Å². The Balaban J connectivity index is 1.90. The lowest BCUT2D eigenvalue weighted by molar-refractivity contribution is 0.0734. The molecule has 1 aliphatic rings. The number of hydrogen-bond acceptors (Lipinski definition) is 3. The van der Waals surface area contributed by atoms with Gasteiger partial charge in [-0.15, -0.1) is 0 Å². The smallest absolute Gasteiger partial charge is 0.257 e. The maximum atomic E-state index is 12.9. The lowest BCUT2D eigenvalue weighted by atomic mass is 10.1. The van der Waals surface area contributed by atoms with Crippen molar-refractivity contribution >= 4 is 5.91 Å². The highest BCUT2D eigenvalue weighted by Gasteiger charge is 2.32. The predicted octanol–water partition coefficient (Wildman–Crippen LogP) is 2.35. The van der Waals surface area contributed by atoms with Crippen molar-refractivity contribution in [3.63, 3.8) is 0 Å². The number of likely N-dealkylation sites (tertiary alicyclic amines) is 1. The van der Waals surface area contributed by atoms with Gasteiger partial charge in [-0.1, -0.05) is 13.0 Å². The van der Waals surface area contributed by atoms with Gasteiger partial charge in [0.25, 0.3) is 5.91 Å². The maximum absolute atomic E-state index is 12.9. The van der Waals surface area contributed by atoms with E-state index in [0.29, 0.717) is 0 Å². The van der Waals surface area contributed by atoms with Gasteiger partial charge in [0.2, 0.25) is 0 Å². The van der Waals surface area contributed by atoms with E-state index in [0.717, 1.165) is 42.6 Å². The highest BCUT2D eigenvalue weighted by atomic mass is 16.2. The van der Waals surface area contributed by atoms with Crippen molar-refractivity contribution in [3.8, 4) is 0 Å². The Hall–Kier alpha value is -2.17. The number of hydrogen-bond donors (Lipinski definition) is 0. The normalized spacial score (nSPS) is 18.2. The summed E-state index contributed by atoms with van der Waals surface area (Å²) in [5.41, 5.74) is 2.72. The van der Waals surface area contributed by atoms with Crippen LogP contribution in [0.5, 0.6) is 0 Å². The molecule has 0 saturated carbocycles. The SMILES string of the molecule is CCc1nn(C)cc1C(=O)N1CCCC1c1cccnc1. The van der Waals surface area contributed by atoms with Crippen molar-refractivity contribution in [2.75, 3.05) is 6.54 Å². The third-order valence-corrected chi connectivity index (χ3v) is 4.05. The Kier molecular flexibility index (Phi) is 3.73. The second kappa shape index (κ2) is 5.68. The summed E-state index contributed by atoms with van der Waals surface area (Å²) in [6, 6.07) is 4.11. The Bertz CT molecular complexity index is 635. The average Bonchev–Trinajstić information content (AvgIpc) is 3.13. The first-order valence-electron chi connectivity index (χ1n) is 7.44. The van der Waals surface area contributed by atoms with Crippen LogP contribution >= 0.6 is 0 Å². The first-order chi connectivity index (χ1) is 10.2. The van der Waals surface area contributed by atoms with Gasteiger partial charge in [-0.25, -0.2) is 0 Å². The number of pyridine rings is 1. The van der Waals surface area contributed by atoms with Gasteiger partial charge in [0.1, 0.15) is 0 Å². The predicted molar refractivity (Wildman–Crippen MR) is 79.8 cm³/mol. The van der Waals surface area contributed by atoms with Crippen LogP contribution < -0.4 is 0 Å². The van der Waals surface area contributed by atoms with Crippen molar-refractivity contribution in [1.82, 2.24) is 19.7 Å². The minimum atomic E-state index is 0.0892. The zero-order valence-corrected chi connectivity index (χ0v) is 12.5. The van der Waals surface area contributed by atoms with Crippen LogP contribution in [0, 0.1) is 0 Å². The topological polar surface area (TPSA) is 51.0 Å². The molecule has 1 saturated heterocycles. The molecule has 0 aromatic carbocycles. The molecule has 2 aromatic rings. The molecule has 0 bridgehead atoms. The number of carbonyl (C=O) groups excluding carboxylic acids is 1. The van der Waals surface area contributed by atoms with Crippen LogP contribution in [0.4, 0.5) is 0 Å². The molecule has 3 rings (SSSR count). The van der Waals surface area contributed by atoms with E-state index in [-0.39, 0.29) is 11.9 Å². The Labute approximate surface area is 124 Å². The summed E-state index contributed by atoms with van der Waals surface area (Å²) in [5, 5.41) is 4.38. The van der Waals surface area contributed by atoms with Gasteiger partial charge in [0, 0.05) is 32.2 Å². The van der Waals surface area contributed by atoms with Gasteiger partial charge in [-0.3, -0.25) is 14.5 Å². The van der Waals surface area contributed by atoms with Crippen molar-refractivity contribution in [3.05, 3.63) is 47.5 Å². The Morgan fingerprint density at radius 2 is 2.33 bits per heavy atom. The molecule has 5 nitrogen and oxygen atoms in total. The third-order valence-electron chi connectivity index (χ3n) is 4.05. The van der Waals surface area contributed by atoms with Crippen molar-refractivity contribution < 1.29 is 4.79 Å². The molecule has 21 heavy (non-hydrogen) atoms. The molecule has 0 aliphatic carbocycles. The van der Waals surface area contributed by atoms with E-state index in [4.69, 9.17) is 0 Å². The van der Waals surface area contributed by atoms with E-state index in [9.17, 15) is 4.79 Å². The molecule has 110 valence electrons. The van der Waals surface area contributed by atoms with Crippen LogP contribution in [0.1, 0.15) is 47.4 Å². The molecule has 1 aliphatic heterocycles. The summed E-state index contributed by atoms with van der Waals surface area (Å²) >= 11 is 0. The van der Waals surface area contributed by atoms with E-state index in [1.165, 1.54) is 0 Å². The standard InChI is InChI=1S/C16H20N4O/c1-3-14-13(11-19(2)18-14)16(21)20-9-5-7-15(20)12-6-4-8-17-10-12/h4,6,8,10-11,15H,3,5,7,9H2,1-2H3. The molecular formula is C16H20N4O. The zero-order chi connectivity index (χ0) is 14.8. The zero-order valence-electron chi connectivity index (χ0n) is 12.5. The quantitative estimate of drug-likeness (QED) is 0.869. The number of aromatic nitrogens is 3. The molecular weight excluding hydrogens is 264 g/mol. The molecule has 2 aromatic heterocycles. The maximum Gasteiger partial charge on any atom is 0.257 e. The fourth-order valence-corrected chi connectivity index (χ4v) is 3.06. The molecule has 1 amide bonds. The van der Waals surface area contributed by atoms with Crippen LogP contribution in [-0.2, 0) is 13.5 Å². The molecule has 1 unspecified atom stereocenters. The van der Waals surface area contributed by atoms with E-state index in [2.05, 4.69) is 10.1 Å². The summed E-state index contributed by atoms with van der Waals surface area (Å²) in [6.45, 7) is 2.83. The molecule has 1 fully saturated rings. The van der Waals surface area contributed by atoms with Crippen LogP contribution in [0.25, 0.3) is 0 Å². The lowest BCUT2D eigenvalue weighted by Gasteiger charge is -2.24. The second-order valence-electron chi connectivity index (χ2n) is 5.46. The minimum Gasteiger partial charge on any atom is -0.331 e. The van der Waals surface area contributed by atoms with E-state index in [1.807, 2.05) is 43.4 Å². The van der Waals surface area contributed by atoms with Crippen molar-refractivity contribution in [2.24, 2.45) is 7.05 Å². The lowest BCUT2D eigenvalue weighted by Crippen LogP contribution is -2.31. The summed E-state index contributed by atoms with van der Waals surface area (Å²) in [7, 11) is 1.86. The van der Waals surface area contributed by atoms with Crippen molar-refractivity contribution in [1.29, 1.82) is 0 Å². The van der Waals surface area contributed by atoms with Crippen molar-refractivity contribution in [2.45, 2.75) is 32.2 Å². The molecule has 5 heteroatoms. The monoisotopic (exact) mass is 284 g/mol.